The fraction of sp³-hybridized carbons (Fsp3) is 0.536. The van der Waals surface area contributed by atoms with Crippen molar-refractivity contribution >= 4 is 5.91 Å². The summed E-state index contributed by atoms with van der Waals surface area (Å²) < 4.78 is 22.9. The Labute approximate surface area is 208 Å². The molecule has 0 aliphatic carbocycles. The van der Waals surface area contributed by atoms with Crippen molar-refractivity contribution in [2.45, 2.75) is 38.3 Å². The molecule has 190 valence electrons. The van der Waals surface area contributed by atoms with Gasteiger partial charge in [0.05, 0.1) is 20.3 Å². The smallest absolute Gasteiger partial charge is 0.254 e. The molecular weight excluding hydrogens is 444 g/mol. The number of amides is 1. The zero-order valence-corrected chi connectivity index (χ0v) is 21.2. The van der Waals surface area contributed by atoms with Gasteiger partial charge in [0.25, 0.3) is 5.91 Å². The Kier molecular flexibility index (Phi) is 8.88. The van der Waals surface area contributed by atoms with Gasteiger partial charge in [-0.2, -0.15) is 0 Å². The lowest BCUT2D eigenvalue weighted by atomic mass is 9.89. The zero-order chi connectivity index (χ0) is 24.6. The molecule has 1 amide bonds. The van der Waals surface area contributed by atoms with Gasteiger partial charge in [-0.25, -0.2) is 0 Å². The van der Waals surface area contributed by atoms with Gasteiger partial charge in [-0.1, -0.05) is 12.5 Å². The van der Waals surface area contributed by atoms with Gasteiger partial charge in [0.15, 0.2) is 0 Å². The minimum absolute atomic E-state index is 0.0802. The molecule has 0 unspecified atom stereocenters. The van der Waals surface area contributed by atoms with Crippen LogP contribution >= 0.6 is 0 Å². The first-order chi connectivity index (χ1) is 17.1. The number of fused-ring (bicyclic) bond motifs is 4. The summed E-state index contributed by atoms with van der Waals surface area (Å²) in [4.78, 5) is 17.6. The molecule has 2 aliphatic rings. The summed E-state index contributed by atoms with van der Waals surface area (Å²) >= 11 is 0. The van der Waals surface area contributed by atoms with Gasteiger partial charge < -0.3 is 23.8 Å². The van der Waals surface area contributed by atoms with E-state index in [1.54, 1.807) is 21.3 Å². The van der Waals surface area contributed by atoms with E-state index in [0.717, 1.165) is 81.2 Å². The maximum Gasteiger partial charge on any atom is 0.254 e. The average Bonchev–Trinajstić information content (AvgIpc) is 2.90. The Morgan fingerprint density at radius 2 is 1.86 bits per heavy atom. The standard InChI is InChI=1S/C28H38N2O5/c1-32-24-10-11-26(33-2)23(18-24)19-29-13-5-4-7-22-20-30(14-12-27(22)34-3)28(31)21-8-6-9-25(17-21)35-16-15-29/h6,8-11,17-18,22,27H,4-5,7,12-16,19-20H2,1-3H3/t22-,27+/m1/s1. The van der Waals surface area contributed by atoms with Crippen molar-refractivity contribution in [2.24, 2.45) is 5.92 Å². The highest BCUT2D eigenvalue weighted by Crippen LogP contribution is 2.28. The number of nitrogens with zero attached hydrogens (tertiary/aromatic N) is 2. The maximum atomic E-state index is 13.2. The fourth-order valence-corrected chi connectivity index (χ4v) is 5.23. The molecule has 2 aliphatic heterocycles. The first kappa shape index (κ1) is 25.3. The number of rotatable bonds is 5. The van der Waals surface area contributed by atoms with Gasteiger partial charge in [-0.05, 0) is 62.2 Å². The van der Waals surface area contributed by atoms with Crippen LogP contribution in [0.1, 0.15) is 41.6 Å². The summed E-state index contributed by atoms with van der Waals surface area (Å²) in [5, 5.41) is 0. The van der Waals surface area contributed by atoms with Crippen LogP contribution in [0.15, 0.2) is 42.5 Å². The summed E-state index contributed by atoms with van der Waals surface area (Å²) in [5.41, 5.74) is 1.78. The maximum absolute atomic E-state index is 13.2. The number of benzene rings is 2. The third-order valence-corrected chi connectivity index (χ3v) is 7.19. The van der Waals surface area contributed by atoms with Gasteiger partial charge >= 0.3 is 0 Å². The third kappa shape index (κ3) is 6.47. The van der Waals surface area contributed by atoms with Crippen molar-refractivity contribution in [3.05, 3.63) is 53.6 Å². The zero-order valence-electron chi connectivity index (χ0n) is 21.2. The van der Waals surface area contributed by atoms with Crippen LogP contribution in [0.4, 0.5) is 0 Å². The van der Waals surface area contributed by atoms with Crippen LogP contribution in [0.25, 0.3) is 0 Å². The molecule has 4 rings (SSSR count). The predicted molar refractivity (Wildman–Crippen MR) is 135 cm³/mol. The molecule has 0 saturated carbocycles. The van der Waals surface area contributed by atoms with Crippen LogP contribution < -0.4 is 14.2 Å². The van der Waals surface area contributed by atoms with E-state index >= 15 is 0 Å². The Morgan fingerprint density at radius 1 is 0.971 bits per heavy atom. The van der Waals surface area contributed by atoms with Crippen molar-refractivity contribution in [2.75, 3.05) is 54.1 Å². The lowest BCUT2D eigenvalue weighted by Crippen LogP contribution is -2.46. The van der Waals surface area contributed by atoms with Crippen molar-refractivity contribution in [1.82, 2.24) is 9.80 Å². The highest BCUT2D eigenvalue weighted by atomic mass is 16.5. The molecule has 2 heterocycles. The van der Waals surface area contributed by atoms with Crippen molar-refractivity contribution in [1.29, 1.82) is 0 Å². The average molecular weight is 483 g/mol. The number of piperidine rings is 1. The molecule has 1 saturated heterocycles. The lowest BCUT2D eigenvalue weighted by Gasteiger charge is -2.38. The first-order valence-corrected chi connectivity index (χ1v) is 12.6. The molecule has 4 bridgehead atoms. The van der Waals surface area contributed by atoms with Crippen LogP contribution in [-0.2, 0) is 11.3 Å². The molecule has 1 fully saturated rings. The number of ether oxygens (including phenoxy) is 4. The number of hydrogen-bond donors (Lipinski definition) is 0. The van der Waals surface area contributed by atoms with E-state index in [2.05, 4.69) is 4.90 Å². The molecule has 7 nitrogen and oxygen atoms in total. The second kappa shape index (κ2) is 12.3. The largest absolute Gasteiger partial charge is 0.497 e. The van der Waals surface area contributed by atoms with E-state index in [4.69, 9.17) is 18.9 Å². The number of methoxy groups -OCH3 is 3. The fourth-order valence-electron chi connectivity index (χ4n) is 5.23. The normalized spacial score (nSPS) is 22.0. The van der Waals surface area contributed by atoms with Gasteiger partial charge in [-0.15, -0.1) is 0 Å². The van der Waals surface area contributed by atoms with E-state index < -0.39 is 0 Å². The van der Waals surface area contributed by atoms with E-state index in [1.165, 1.54) is 0 Å². The molecular formula is C28H38N2O5. The molecule has 0 N–H and O–H groups in total. The molecule has 0 radical (unpaired) electrons. The Morgan fingerprint density at radius 3 is 2.66 bits per heavy atom. The van der Waals surface area contributed by atoms with E-state index in [1.807, 2.05) is 47.4 Å². The Hall–Kier alpha value is -2.77. The van der Waals surface area contributed by atoms with Gasteiger partial charge in [-0.3, -0.25) is 9.69 Å². The summed E-state index contributed by atoms with van der Waals surface area (Å²) in [6, 6.07) is 13.5. The highest BCUT2D eigenvalue weighted by molar-refractivity contribution is 5.94. The van der Waals surface area contributed by atoms with Crippen molar-refractivity contribution in [3.63, 3.8) is 0 Å². The molecule has 2 aromatic rings. The molecule has 2 aromatic carbocycles. The SMILES string of the molecule is COc1ccc(OC)c(CN2CCCC[C@@H]3CN(CC[C@@H]3OC)C(=O)c3cccc(c3)OCC2)c1. The monoisotopic (exact) mass is 482 g/mol. The third-order valence-electron chi connectivity index (χ3n) is 7.19. The van der Waals surface area contributed by atoms with Gasteiger partial charge in [0.1, 0.15) is 23.9 Å². The quantitative estimate of drug-likeness (QED) is 0.635. The Balaban J connectivity index is 1.53. The van der Waals surface area contributed by atoms with E-state index in [-0.39, 0.29) is 12.0 Å². The summed E-state index contributed by atoms with van der Waals surface area (Å²) in [5.74, 6) is 2.85. The van der Waals surface area contributed by atoms with Gasteiger partial charge in [0.2, 0.25) is 0 Å². The molecule has 35 heavy (non-hydrogen) atoms. The van der Waals surface area contributed by atoms with Crippen LogP contribution in [0.5, 0.6) is 17.2 Å². The second-order valence-electron chi connectivity index (χ2n) is 9.40. The summed E-state index contributed by atoms with van der Waals surface area (Å²) in [6.07, 6.45) is 4.30. The molecule has 0 spiro atoms. The summed E-state index contributed by atoms with van der Waals surface area (Å²) in [6.45, 7) is 4.50. The number of hydrogen-bond acceptors (Lipinski definition) is 6. The van der Waals surface area contributed by atoms with Crippen LogP contribution in [0, 0.1) is 5.92 Å². The molecule has 2 atom stereocenters. The highest BCUT2D eigenvalue weighted by Gasteiger charge is 2.31. The van der Waals surface area contributed by atoms with Crippen LogP contribution in [-0.4, -0.2) is 75.9 Å². The van der Waals surface area contributed by atoms with Gasteiger partial charge in [0, 0.05) is 50.3 Å². The minimum atomic E-state index is 0.0802. The molecule has 7 heteroatoms. The summed E-state index contributed by atoms with van der Waals surface area (Å²) in [7, 11) is 5.18. The van der Waals surface area contributed by atoms with Crippen molar-refractivity contribution < 1.29 is 23.7 Å². The van der Waals surface area contributed by atoms with E-state index in [9.17, 15) is 4.79 Å². The molecule has 0 aromatic heterocycles. The minimum Gasteiger partial charge on any atom is -0.497 e. The van der Waals surface area contributed by atoms with Crippen LogP contribution in [0.2, 0.25) is 0 Å². The number of carbonyl (C=O) groups is 1. The first-order valence-electron chi connectivity index (χ1n) is 12.6. The topological polar surface area (TPSA) is 60.5 Å². The predicted octanol–water partition coefficient (Wildman–Crippen LogP) is 4.25. The number of carbonyl (C=O) groups excluding carboxylic acids is 1. The Bertz CT molecular complexity index is 982. The lowest BCUT2D eigenvalue weighted by molar-refractivity contribution is -0.00677. The van der Waals surface area contributed by atoms with E-state index in [0.29, 0.717) is 18.1 Å². The van der Waals surface area contributed by atoms with Crippen LogP contribution in [0.3, 0.4) is 0 Å². The second-order valence-corrected chi connectivity index (χ2v) is 9.40. The van der Waals surface area contributed by atoms with Crippen molar-refractivity contribution in [3.8, 4) is 17.2 Å².